The summed E-state index contributed by atoms with van der Waals surface area (Å²) < 4.78 is 10.6. The fourth-order valence-electron chi connectivity index (χ4n) is 1.63. The van der Waals surface area contributed by atoms with E-state index in [9.17, 15) is 4.79 Å². The fraction of sp³-hybridized carbons (Fsp3) is 0.909. The lowest BCUT2D eigenvalue weighted by Crippen LogP contribution is -2.41. The third-order valence-electron chi connectivity index (χ3n) is 2.26. The molecule has 0 aliphatic carbocycles. The van der Waals surface area contributed by atoms with Crippen LogP contribution in [0.4, 0.5) is 0 Å². The van der Waals surface area contributed by atoms with Crippen molar-refractivity contribution in [1.82, 2.24) is 5.32 Å². The molecule has 0 amide bonds. The minimum Gasteiger partial charge on any atom is -0.460 e. The van der Waals surface area contributed by atoms with E-state index in [1.54, 1.807) is 0 Å². The van der Waals surface area contributed by atoms with Crippen LogP contribution < -0.4 is 5.32 Å². The third-order valence-corrected chi connectivity index (χ3v) is 2.26. The Kier molecular flexibility index (Phi) is 4.11. The van der Waals surface area contributed by atoms with E-state index in [1.807, 2.05) is 27.7 Å². The minimum atomic E-state index is -0.420. The second-order valence-corrected chi connectivity index (χ2v) is 4.84. The lowest BCUT2D eigenvalue weighted by atomic mass is 10.0. The molecule has 0 bridgehead atoms. The van der Waals surface area contributed by atoms with E-state index < -0.39 is 5.60 Å². The van der Waals surface area contributed by atoms with Crippen molar-refractivity contribution in [2.75, 3.05) is 19.8 Å². The lowest BCUT2D eigenvalue weighted by molar-refractivity contribution is -0.160. The number of hydrogen-bond donors (Lipinski definition) is 1. The van der Waals surface area contributed by atoms with Gasteiger partial charge in [0.1, 0.15) is 5.60 Å². The SMILES string of the molecule is CCNC1COCC1C(=O)OC(C)(C)C. The maximum atomic E-state index is 11.8. The summed E-state index contributed by atoms with van der Waals surface area (Å²) in [6.07, 6.45) is 0. The second kappa shape index (κ2) is 4.94. The molecule has 1 fully saturated rings. The first-order chi connectivity index (χ1) is 6.94. The van der Waals surface area contributed by atoms with Gasteiger partial charge in [0.05, 0.1) is 19.1 Å². The van der Waals surface area contributed by atoms with Gasteiger partial charge in [0.25, 0.3) is 0 Å². The Balaban J connectivity index is 2.51. The van der Waals surface area contributed by atoms with Crippen molar-refractivity contribution in [1.29, 1.82) is 0 Å². The molecular formula is C11H21NO3. The minimum absolute atomic E-state index is 0.102. The zero-order chi connectivity index (χ0) is 11.5. The van der Waals surface area contributed by atoms with Gasteiger partial charge >= 0.3 is 5.97 Å². The highest BCUT2D eigenvalue weighted by Gasteiger charge is 2.36. The quantitative estimate of drug-likeness (QED) is 0.712. The highest BCUT2D eigenvalue weighted by Crippen LogP contribution is 2.19. The number of ether oxygens (including phenoxy) is 2. The van der Waals surface area contributed by atoms with Crippen LogP contribution in [-0.4, -0.2) is 37.4 Å². The summed E-state index contributed by atoms with van der Waals surface area (Å²) in [5, 5.41) is 3.24. The lowest BCUT2D eigenvalue weighted by Gasteiger charge is -2.24. The Morgan fingerprint density at radius 2 is 2.13 bits per heavy atom. The Morgan fingerprint density at radius 1 is 1.47 bits per heavy atom. The normalized spacial score (nSPS) is 26.7. The monoisotopic (exact) mass is 215 g/mol. The maximum Gasteiger partial charge on any atom is 0.313 e. The van der Waals surface area contributed by atoms with E-state index in [1.165, 1.54) is 0 Å². The Bertz CT molecular complexity index is 222. The van der Waals surface area contributed by atoms with Crippen molar-refractivity contribution in [3.8, 4) is 0 Å². The molecule has 4 heteroatoms. The molecule has 0 saturated carbocycles. The molecule has 0 aromatic carbocycles. The number of nitrogens with one attached hydrogen (secondary N) is 1. The molecule has 1 N–H and O–H groups in total. The molecule has 1 aliphatic heterocycles. The van der Waals surface area contributed by atoms with Crippen LogP contribution in [0.15, 0.2) is 0 Å². The molecule has 0 spiro atoms. The van der Waals surface area contributed by atoms with Gasteiger partial charge in [0.2, 0.25) is 0 Å². The fourth-order valence-corrected chi connectivity index (χ4v) is 1.63. The molecule has 1 heterocycles. The smallest absolute Gasteiger partial charge is 0.313 e. The zero-order valence-electron chi connectivity index (χ0n) is 10.0. The van der Waals surface area contributed by atoms with Gasteiger partial charge in [-0.2, -0.15) is 0 Å². The summed E-state index contributed by atoms with van der Waals surface area (Å²) in [4.78, 5) is 11.8. The summed E-state index contributed by atoms with van der Waals surface area (Å²) in [5.41, 5.74) is -0.420. The summed E-state index contributed by atoms with van der Waals surface area (Å²) in [6, 6.07) is 0.102. The predicted molar refractivity (Wildman–Crippen MR) is 57.6 cm³/mol. The average molecular weight is 215 g/mol. The molecule has 2 unspecified atom stereocenters. The first-order valence-corrected chi connectivity index (χ1v) is 5.48. The van der Waals surface area contributed by atoms with Crippen LogP contribution >= 0.6 is 0 Å². The van der Waals surface area contributed by atoms with Crippen molar-refractivity contribution in [3.63, 3.8) is 0 Å². The Labute approximate surface area is 91.3 Å². The molecule has 88 valence electrons. The number of carbonyl (C=O) groups is 1. The number of carbonyl (C=O) groups excluding carboxylic acids is 1. The molecule has 0 aromatic heterocycles. The molecule has 0 radical (unpaired) electrons. The van der Waals surface area contributed by atoms with Gasteiger partial charge in [-0.25, -0.2) is 0 Å². The molecule has 0 aromatic rings. The summed E-state index contributed by atoms with van der Waals surface area (Å²) in [7, 11) is 0. The Hall–Kier alpha value is -0.610. The van der Waals surface area contributed by atoms with Crippen molar-refractivity contribution in [2.45, 2.75) is 39.3 Å². The van der Waals surface area contributed by atoms with Crippen molar-refractivity contribution >= 4 is 5.97 Å². The maximum absolute atomic E-state index is 11.8. The van der Waals surface area contributed by atoms with E-state index in [2.05, 4.69) is 5.32 Å². The van der Waals surface area contributed by atoms with E-state index in [0.29, 0.717) is 13.2 Å². The van der Waals surface area contributed by atoms with Gasteiger partial charge in [-0.15, -0.1) is 0 Å². The van der Waals surface area contributed by atoms with E-state index in [4.69, 9.17) is 9.47 Å². The molecule has 1 rings (SSSR count). The largest absolute Gasteiger partial charge is 0.460 e. The number of hydrogen-bond acceptors (Lipinski definition) is 4. The number of rotatable bonds is 3. The van der Waals surface area contributed by atoms with Gasteiger partial charge in [0, 0.05) is 6.04 Å². The predicted octanol–water partition coefficient (Wildman–Crippen LogP) is 0.953. The van der Waals surface area contributed by atoms with Crippen LogP contribution in [0.5, 0.6) is 0 Å². The zero-order valence-corrected chi connectivity index (χ0v) is 10.0. The van der Waals surface area contributed by atoms with Gasteiger partial charge in [0.15, 0.2) is 0 Å². The van der Waals surface area contributed by atoms with Crippen LogP contribution in [0.3, 0.4) is 0 Å². The van der Waals surface area contributed by atoms with Crippen molar-refractivity contribution < 1.29 is 14.3 Å². The topological polar surface area (TPSA) is 47.6 Å². The number of esters is 1. The molecule has 1 aliphatic rings. The number of likely N-dealkylation sites (N-methyl/N-ethyl adjacent to an activating group) is 1. The molecular weight excluding hydrogens is 194 g/mol. The molecule has 2 atom stereocenters. The van der Waals surface area contributed by atoms with Gasteiger partial charge < -0.3 is 14.8 Å². The van der Waals surface area contributed by atoms with Crippen LogP contribution in [0.25, 0.3) is 0 Å². The van der Waals surface area contributed by atoms with E-state index in [0.717, 1.165) is 6.54 Å². The van der Waals surface area contributed by atoms with Crippen LogP contribution in [0.1, 0.15) is 27.7 Å². The highest BCUT2D eigenvalue weighted by molar-refractivity contribution is 5.74. The van der Waals surface area contributed by atoms with Gasteiger partial charge in [-0.05, 0) is 27.3 Å². The van der Waals surface area contributed by atoms with Crippen LogP contribution in [0, 0.1) is 5.92 Å². The molecule has 15 heavy (non-hydrogen) atoms. The first-order valence-electron chi connectivity index (χ1n) is 5.48. The summed E-state index contributed by atoms with van der Waals surface area (Å²) in [5.74, 6) is -0.324. The Morgan fingerprint density at radius 3 is 2.67 bits per heavy atom. The van der Waals surface area contributed by atoms with Gasteiger partial charge in [-0.3, -0.25) is 4.79 Å². The summed E-state index contributed by atoms with van der Waals surface area (Å²) >= 11 is 0. The highest BCUT2D eigenvalue weighted by atomic mass is 16.6. The standard InChI is InChI=1S/C11H21NO3/c1-5-12-9-7-14-6-8(9)10(13)15-11(2,3)4/h8-9,12H,5-7H2,1-4H3. The molecule has 4 nitrogen and oxygen atoms in total. The van der Waals surface area contributed by atoms with Crippen molar-refractivity contribution in [3.05, 3.63) is 0 Å². The van der Waals surface area contributed by atoms with Crippen LogP contribution in [-0.2, 0) is 14.3 Å². The van der Waals surface area contributed by atoms with Gasteiger partial charge in [-0.1, -0.05) is 6.92 Å². The van der Waals surface area contributed by atoms with E-state index >= 15 is 0 Å². The third kappa shape index (κ3) is 3.80. The molecule has 1 saturated heterocycles. The van der Waals surface area contributed by atoms with Crippen molar-refractivity contribution in [2.24, 2.45) is 5.92 Å². The van der Waals surface area contributed by atoms with Crippen LogP contribution in [0.2, 0.25) is 0 Å². The summed E-state index contributed by atoms with van der Waals surface area (Å²) in [6.45, 7) is 9.55. The first kappa shape index (κ1) is 12.5. The van der Waals surface area contributed by atoms with E-state index in [-0.39, 0.29) is 17.9 Å². The average Bonchev–Trinajstić information content (AvgIpc) is 2.49. The second-order valence-electron chi connectivity index (χ2n) is 4.84.